The first-order chi connectivity index (χ1) is 18.2. The first kappa shape index (κ1) is 27.8. The van der Waals surface area contributed by atoms with Crippen LogP contribution in [0.15, 0.2) is 71.8 Å². The molecule has 0 amide bonds. The lowest BCUT2D eigenvalue weighted by atomic mass is 10.2. The zero-order valence-electron chi connectivity index (χ0n) is 20.5. The zero-order chi connectivity index (χ0) is 27.1. The number of rotatable bonds is 11. The average molecular weight is 562 g/mol. The zero-order valence-corrected chi connectivity index (χ0v) is 22.2. The maximum atomic E-state index is 13.7. The van der Waals surface area contributed by atoms with E-state index in [0.29, 0.717) is 0 Å². The second-order valence-corrected chi connectivity index (χ2v) is 11.6. The minimum Gasteiger partial charge on any atom is -0.460 e. The third-order valence-corrected chi connectivity index (χ3v) is 8.74. The van der Waals surface area contributed by atoms with Crippen LogP contribution in [0.4, 0.5) is 5.95 Å². The molecule has 1 saturated heterocycles. The molecule has 38 heavy (non-hydrogen) atoms. The minimum absolute atomic E-state index is 0.0525. The van der Waals surface area contributed by atoms with Crippen molar-refractivity contribution in [3.63, 3.8) is 0 Å². The molecular formula is C24H28N5O7PS. The van der Waals surface area contributed by atoms with Gasteiger partial charge in [0.05, 0.1) is 23.3 Å². The molecule has 0 bridgehead atoms. The van der Waals surface area contributed by atoms with Crippen molar-refractivity contribution >= 4 is 31.4 Å². The summed E-state index contributed by atoms with van der Waals surface area (Å²) in [5.74, 6) is -0.528. The molecule has 202 valence electrons. The number of thioether (sulfide) groups is 1. The fourth-order valence-electron chi connectivity index (χ4n) is 3.61. The largest absolute Gasteiger partial charge is 0.460 e. The number of esters is 1. The van der Waals surface area contributed by atoms with E-state index >= 15 is 0 Å². The summed E-state index contributed by atoms with van der Waals surface area (Å²) in [6.07, 6.45) is 0.602. The van der Waals surface area contributed by atoms with Crippen LogP contribution in [0.1, 0.15) is 24.3 Å². The molecule has 4 N–H and O–H groups in total. The van der Waals surface area contributed by atoms with E-state index in [0.717, 1.165) is 5.56 Å². The predicted molar refractivity (Wildman–Crippen MR) is 141 cm³/mol. The number of hydrogen-bond donors (Lipinski definition) is 3. The summed E-state index contributed by atoms with van der Waals surface area (Å²) in [6.45, 7) is 1.34. The number of nitrogens with zero attached hydrogens (tertiary/aromatic N) is 3. The molecule has 1 aliphatic heterocycles. The molecule has 2 heterocycles. The topological polar surface area (TPSA) is 168 Å². The van der Waals surface area contributed by atoms with Gasteiger partial charge >= 0.3 is 19.4 Å². The van der Waals surface area contributed by atoms with Crippen molar-refractivity contribution in [2.75, 3.05) is 12.3 Å². The van der Waals surface area contributed by atoms with Crippen molar-refractivity contribution < 1.29 is 28.3 Å². The Hall–Kier alpha value is -3.22. The average Bonchev–Trinajstić information content (AvgIpc) is 3.27. The molecule has 0 saturated carbocycles. The van der Waals surface area contributed by atoms with Gasteiger partial charge in [0.15, 0.2) is 0 Å². The highest BCUT2D eigenvalue weighted by molar-refractivity contribution is 8.00. The van der Waals surface area contributed by atoms with E-state index in [1.165, 1.54) is 29.6 Å². The Balaban J connectivity index is 1.41. The molecule has 0 spiro atoms. The van der Waals surface area contributed by atoms with Gasteiger partial charge in [-0.25, -0.2) is 14.3 Å². The van der Waals surface area contributed by atoms with Gasteiger partial charge in [0.1, 0.15) is 24.7 Å². The summed E-state index contributed by atoms with van der Waals surface area (Å²) >= 11 is 1.24. The molecule has 0 radical (unpaired) electrons. The summed E-state index contributed by atoms with van der Waals surface area (Å²) in [6, 6.07) is 16.5. The summed E-state index contributed by atoms with van der Waals surface area (Å²) < 4.78 is 31.7. The summed E-state index contributed by atoms with van der Waals surface area (Å²) in [7, 11) is -4.12. The fourth-order valence-corrected chi connectivity index (χ4v) is 6.66. The number of nitrogens with two attached hydrogens (primary N) is 1. The molecule has 5 atom stereocenters. The molecule has 3 aromatic rings. The van der Waals surface area contributed by atoms with Crippen LogP contribution in [0.2, 0.25) is 0 Å². The van der Waals surface area contributed by atoms with Crippen molar-refractivity contribution in [3.8, 4) is 5.75 Å². The summed E-state index contributed by atoms with van der Waals surface area (Å²) in [5, 5.41) is 12.2. The van der Waals surface area contributed by atoms with Crippen LogP contribution < -0.4 is 21.0 Å². The Morgan fingerprint density at radius 3 is 2.61 bits per heavy atom. The van der Waals surface area contributed by atoms with Crippen molar-refractivity contribution in [3.05, 3.63) is 83.0 Å². The van der Waals surface area contributed by atoms with Gasteiger partial charge in [0.25, 0.3) is 0 Å². The maximum absolute atomic E-state index is 13.7. The second-order valence-electron chi connectivity index (χ2n) is 8.48. The number of hydrogen-bond acceptors (Lipinski definition) is 11. The van der Waals surface area contributed by atoms with Gasteiger partial charge in [-0.15, -0.1) is 11.8 Å². The number of benzene rings is 2. The van der Waals surface area contributed by atoms with E-state index in [4.69, 9.17) is 19.5 Å². The lowest BCUT2D eigenvalue weighted by Gasteiger charge is -2.24. The van der Waals surface area contributed by atoms with Crippen LogP contribution in [0, 0.1) is 0 Å². The molecule has 4 rings (SSSR count). The van der Waals surface area contributed by atoms with Crippen LogP contribution in [0.5, 0.6) is 5.75 Å². The molecular weight excluding hydrogens is 533 g/mol. The quantitative estimate of drug-likeness (QED) is 0.231. The van der Waals surface area contributed by atoms with Crippen LogP contribution in [0.25, 0.3) is 0 Å². The number of nitrogen functional groups attached to an aromatic ring is 1. The fraction of sp³-hybridized carbons (Fsp3) is 0.333. The lowest BCUT2D eigenvalue weighted by Crippen LogP contribution is -2.36. The predicted octanol–water partition coefficient (Wildman–Crippen LogP) is 2.51. The van der Waals surface area contributed by atoms with Gasteiger partial charge in [-0.3, -0.25) is 13.9 Å². The van der Waals surface area contributed by atoms with Crippen molar-refractivity contribution in [2.45, 2.75) is 42.7 Å². The lowest BCUT2D eigenvalue weighted by molar-refractivity contribution is -0.146. The van der Waals surface area contributed by atoms with Gasteiger partial charge in [-0.1, -0.05) is 48.5 Å². The van der Waals surface area contributed by atoms with Crippen LogP contribution in [-0.4, -0.2) is 49.6 Å². The molecule has 1 fully saturated rings. The van der Waals surface area contributed by atoms with Crippen molar-refractivity contribution in [1.82, 2.24) is 19.6 Å². The Morgan fingerprint density at radius 1 is 1.24 bits per heavy atom. The van der Waals surface area contributed by atoms with Crippen LogP contribution >= 0.6 is 19.5 Å². The summed E-state index contributed by atoms with van der Waals surface area (Å²) in [5.41, 5.74) is 5.67. The highest BCUT2D eigenvalue weighted by Gasteiger charge is 2.39. The molecule has 0 aliphatic carbocycles. The summed E-state index contributed by atoms with van der Waals surface area (Å²) in [4.78, 5) is 32.2. The highest BCUT2D eigenvalue weighted by Crippen LogP contribution is 2.48. The molecule has 2 aromatic carbocycles. The Bertz CT molecular complexity index is 1330. The number of ether oxygens (including phenoxy) is 1. The van der Waals surface area contributed by atoms with Crippen LogP contribution in [-0.2, 0) is 25.2 Å². The Morgan fingerprint density at radius 2 is 1.92 bits per heavy atom. The number of carbonyl (C=O) groups excluding carboxylic acids is 1. The van der Waals surface area contributed by atoms with Gasteiger partial charge in [-0.2, -0.15) is 10.1 Å². The van der Waals surface area contributed by atoms with E-state index in [1.54, 1.807) is 30.3 Å². The smallest absolute Gasteiger partial charge is 0.459 e. The molecule has 12 nitrogen and oxygen atoms in total. The van der Waals surface area contributed by atoms with E-state index in [2.05, 4.69) is 15.1 Å². The van der Waals surface area contributed by atoms with E-state index in [-0.39, 0.29) is 31.3 Å². The highest BCUT2D eigenvalue weighted by atomic mass is 32.2. The van der Waals surface area contributed by atoms with E-state index in [1.807, 2.05) is 30.3 Å². The van der Waals surface area contributed by atoms with E-state index in [9.17, 15) is 19.3 Å². The molecule has 14 heteroatoms. The number of anilines is 1. The first-order valence-electron chi connectivity index (χ1n) is 11.7. The van der Waals surface area contributed by atoms with Gasteiger partial charge in [-0.05, 0) is 24.6 Å². The van der Waals surface area contributed by atoms with Crippen molar-refractivity contribution in [1.29, 1.82) is 0 Å². The minimum atomic E-state index is -4.12. The number of aliphatic hydroxyl groups excluding tert-OH is 1. The molecule has 1 aromatic heterocycles. The van der Waals surface area contributed by atoms with Gasteiger partial charge in [0.2, 0.25) is 5.95 Å². The number of nitrogens with one attached hydrogen (secondary N) is 1. The molecule has 0 unspecified atom stereocenters. The third kappa shape index (κ3) is 7.42. The Kier molecular flexibility index (Phi) is 9.18. The van der Waals surface area contributed by atoms with Crippen molar-refractivity contribution in [2.24, 2.45) is 0 Å². The normalized spacial score (nSPS) is 21.4. The number of aliphatic hydroxyl groups is 1. The van der Waals surface area contributed by atoms with E-state index < -0.39 is 42.2 Å². The number of carbonyl (C=O) groups is 1. The maximum Gasteiger partial charge on any atom is 0.459 e. The number of para-hydroxylation sites is 1. The third-order valence-electron chi connectivity index (χ3n) is 5.57. The molecule has 1 aliphatic rings. The van der Waals surface area contributed by atoms with Gasteiger partial charge < -0.3 is 20.1 Å². The number of aromatic nitrogens is 3. The second kappa shape index (κ2) is 12.5. The monoisotopic (exact) mass is 561 g/mol. The standard InChI is InChI=1S/C24H28N5O7PS/c1-16(22(31)34-13-17-8-4-2-5-9-17)28-37(33,36-18-10-6-3-7-11-18)35-14-20-19(30)12-21(38-20)29-15-26-23(25)27-24(29)32/h2-11,15-16,19-21,30H,12-14H2,1H3,(H,28,33)(H2,25,27,32)/t16-,19-,20+,21+,37-/m0/s1. The SMILES string of the molecule is C[C@H](N[P@](=O)(OC[C@H]1S[C@@H](n2cnc(N)nc2=O)C[C@@H]1O)Oc1ccccc1)C(=O)OCc1ccccc1. The Labute approximate surface area is 223 Å². The first-order valence-corrected chi connectivity index (χ1v) is 14.2. The van der Waals surface area contributed by atoms with Crippen LogP contribution in [0.3, 0.4) is 0 Å². The van der Waals surface area contributed by atoms with Gasteiger partial charge in [0, 0.05) is 6.42 Å².